The van der Waals surface area contributed by atoms with Crippen LogP contribution in [0.5, 0.6) is 5.88 Å². The highest BCUT2D eigenvalue weighted by Gasteiger charge is 2.10. The van der Waals surface area contributed by atoms with E-state index in [1.54, 1.807) is 6.92 Å². The van der Waals surface area contributed by atoms with Crippen LogP contribution in [0.15, 0.2) is 6.33 Å². The molecule has 0 aliphatic rings. The molecule has 0 atom stereocenters. The second-order valence-electron chi connectivity index (χ2n) is 3.28. The smallest absolute Gasteiger partial charge is 0.272 e. The maximum atomic E-state index is 12.0. The van der Waals surface area contributed by atoms with Gasteiger partial charge in [0.05, 0.1) is 5.56 Å². The molecule has 4 nitrogen and oxygen atoms in total. The highest BCUT2D eigenvalue weighted by Crippen LogP contribution is 2.20. The first-order valence-corrected chi connectivity index (χ1v) is 5.11. The summed E-state index contributed by atoms with van der Waals surface area (Å²) in [5.74, 6) is 0.829. The number of nitrogens with one attached hydrogen (secondary N) is 1. The topological polar surface area (TPSA) is 47.0 Å². The molecule has 1 rings (SSSR count). The summed E-state index contributed by atoms with van der Waals surface area (Å²) in [6, 6.07) is 0. The van der Waals surface area contributed by atoms with Crippen LogP contribution >= 0.6 is 0 Å². The molecule has 1 aromatic rings. The normalized spacial score (nSPS) is 10.6. The first-order chi connectivity index (χ1) is 7.65. The zero-order valence-corrected chi connectivity index (χ0v) is 9.33. The van der Waals surface area contributed by atoms with Gasteiger partial charge in [0.1, 0.15) is 12.1 Å². The quantitative estimate of drug-likeness (QED) is 0.815. The second kappa shape index (κ2) is 6.19. The lowest BCUT2D eigenvalue weighted by molar-refractivity contribution is 0.0792. The summed E-state index contributed by atoms with van der Waals surface area (Å²) in [5.41, 5.74) is 0.650. The first kappa shape index (κ1) is 12.6. The van der Waals surface area contributed by atoms with E-state index in [1.807, 2.05) is 6.92 Å². The summed E-state index contributed by atoms with van der Waals surface area (Å²) in [6.07, 6.45) is -0.246. The van der Waals surface area contributed by atoms with Crippen LogP contribution in [0.1, 0.15) is 18.9 Å². The Bertz CT molecular complexity index is 334. The number of ether oxygens (including phenoxy) is 1. The van der Waals surface area contributed by atoms with Gasteiger partial charge in [-0.2, -0.15) is 0 Å². The fourth-order valence-electron chi connectivity index (χ4n) is 1.14. The zero-order chi connectivity index (χ0) is 12.0. The van der Waals surface area contributed by atoms with Gasteiger partial charge in [0.2, 0.25) is 5.88 Å². The molecule has 1 N–H and O–H groups in total. The predicted molar refractivity (Wildman–Crippen MR) is 57.0 cm³/mol. The van der Waals surface area contributed by atoms with E-state index >= 15 is 0 Å². The molecule has 90 valence electrons. The highest BCUT2D eigenvalue weighted by molar-refractivity contribution is 5.47. The first-order valence-electron chi connectivity index (χ1n) is 5.11. The Morgan fingerprint density at radius 2 is 2.19 bits per heavy atom. The van der Waals surface area contributed by atoms with Crippen molar-refractivity contribution < 1.29 is 13.5 Å². The maximum Gasteiger partial charge on any atom is 0.272 e. The molecule has 0 spiro atoms. The summed E-state index contributed by atoms with van der Waals surface area (Å²) >= 11 is 0. The molecule has 0 unspecified atom stereocenters. The van der Waals surface area contributed by atoms with Gasteiger partial charge >= 0.3 is 0 Å². The minimum absolute atomic E-state index is 0.203. The molecule has 0 amide bonds. The fourth-order valence-corrected chi connectivity index (χ4v) is 1.14. The maximum absolute atomic E-state index is 12.0. The standard InChI is InChI=1S/C10H15F2N3O/c1-3-4-13-9-7(2)10(15-6-14-9)16-5-8(11)12/h6,8H,3-5H2,1-2H3,(H,13,14,15). The van der Waals surface area contributed by atoms with Crippen LogP contribution in [0.3, 0.4) is 0 Å². The Morgan fingerprint density at radius 1 is 1.44 bits per heavy atom. The summed E-state index contributed by atoms with van der Waals surface area (Å²) in [6.45, 7) is 3.88. The lowest BCUT2D eigenvalue weighted by Crippen LogP contribution is -2.11. The molecule has 6 heteroatoms. The van der Waals surface area contributed by atoms with Crippen molar-refractivity contribution in [2.75, 3.05) is 18.5 Å². The average Bonchev–Trinajstić information content (AvgIpc) is 2.26. The van der Waals surface area contributed by atoms with Gasteiger partial charge in [-0.15, -0.1) is 0 Å². The van der Waals surface area contributed by atoms with Crippen molar-refractivity contribution in [2.45, 2.75) is 26.7 Å². The van der Waals surface area contributed by atoms with E-state index in [-0.39, 0.29) is 5.88 Å². The van der Waals surface area contributed by atoms with Crippen LogP contribution in [0.4, 0.5) is 14.6 Å². The molecular weight excluding hydrogens is 216 g/mol. The molecule has 0 aliphatic carbocycles. The van der Waals surface area contributed by atoms with Crippen LogP contribution in [-0.4, -0.2) is 29.5 Å². The molecule has 0 aliphatic heterocycles. The number of halogens is 2. The largest absolute Gasteiger partial charge is 0.471 e. The van der Waals surface area contributed by atoms with Crippen molar-refractivity contribution in [3.8, 4) is 5.88 Å². The van der Waals surface area contributed by atoms with E-state index in [2.05, 4.69) is 15.3 Å². The third-order valence-corrected chi connectivity index (χ3v) is 1.93. The van der Waals surface area contributed by atoms with Gasteiger partial charge in [0.15, 0.2) is 6.61 Å². The molecule has 0 aromatic carbocycles. The van der Waals surface area contributed by atoms with E-state index in [4.69, 9.17) is 4.74 Å². The Balaban J connectivity index is 2.70. The van der Waals surface area contributed by atoms with Crippen molar-refractivity contribution in [3.63, 3.8) is 0 Å². The Morgan fingerprint density at radius 3 is 2.81 bits per heavy atom. The minimum atomic E-state index is -2.50. The van der Waals surface area contributed by atoms with Crippen molar-refractivity contribution in [3.05, 3.63) is 11.9 Å². The predicted octanol–water partition coefficient (Wildman–Crippen LogP) is 2.25. The monoisotopic (exact) mass is 231 g/mol. The molecule has 0 fully saturated rings. The Hall–Kier alpha value is -1.46. The van der Waals surface area contributed by atoms with Crippen LogP contribution in [0, 0.1) is 6.92 Å². The number of aromatic nitrogens is 2. The molecule has 0 saturated heterocycles. The number of hydrogen-bond acceptors (Lipinski definition) is 4. The number of hydrogen-bond donors (Lipinski definition) is 1. The van der Waals surface area contributed by atoms with Crippen LogP contribution in [0.2, 0.25) is 0 Å². The number of nitrogens with zero attached hydrogens (tertiary/aromatic N) is 2. The molecular formula is C10H15F2N3O. The number of rotatable bonds is 6. The van der Waals surface area contributed by atoms with Crippen molar-refractivity contribution >= 4 is 5.82 Å². The van der Waals surface area contributed by atoms with Gasteiger partial charge in [0.25, 0.3) is 6.43 Å². The van der Waals surface area contributed by atoms with Crippen LogP contribution in [0.25, 0.3) is 0 Å². The van der Waals surface area contributed by atoms with E-state index < -0.39 is 13.0 Å². The van der Waals surface area contributed by atoms with Gasteiger partial charge in [-0.3, -0.25) is 0 Å². The lowest BCUT2D eigenvalue weighted by atomic mass is 10.3. The molecule has 0 radical (unpaired) electrons. The minimum Gasteiger partial charge on any atom is -0.471 e. The highest BCUT2D eigenvalue weighted by atomic mass is 19.3. The van der Waals surface area contributed by atoms with Crippen molar-refractivity contribution in [1.29, 1.82) is 0 Å². The van der Waals surface area contributed by atoms with Crippen LogP contribution in [-0.2, 0) is 0 Å². The van der Waals surface area contributed by atoms with E-state index in [9.17, 15) is 8.78 Å². The zero-order valence-electron chi connectivity index (χ0n) is 9.33. The fraction of sp³-hybridized carbons (Fsp3) is 0.600. The van der Waals surface area contributed by atoms with E-state index in [0.29, 0.717) is 11.4 Å². The summed E-state index contributed by atoms with van der Waals surface area (Å²) in [4.78, 5) is 7.83. The molecule has 16 heavy (non-hydrogen) atoms. The van der Waals surface area contributed by atoms with Crippen LogP contribution < -0.4 is 10.1 Å². The van der Waals surface area contributed by atoms with Crippen molar-refractivity contribution in [2.24, 2.45) is 0 Å². The molecule has 0 saturated carbocycles. The summed E-state index contributed by atoms with van der Waals surface area (Å²) < 4.78 is 28.8. The Kier molecular flexibility index (Phi) is 4.88. The van der Waals surface area contributed by atoms with Gasteiger partial charge in [-0.25, -0.2) is 18.7 Å². The van der Waals surface area contributed by atoms with Gasteiger partial charge in [0, 0.05) is 6.54 Å². The molecule has 1 aromatic heterocycles. The third kappa shape index (κ3) is 3.60. The molecule has 1 heterocycles. The third-order valence-electron chi connectivity index (χ3n) is 1.93. The number of alkyl halides is 2. The van der Waals surface area contributed by atoms with Gasteiger partial charge in [-0.05, 0) is 13.3 Å². The summed E-state index contributed by atoms with van der Waals surface area (Å²) in [5, 5.41) is 3.07. The van der Waals surface area contributed by atoms with Crippen molar-refractivity contribution in [1.82, 2.24) is 9.97 Å². The van der Waals surface area contributed by atoms with Gasteiger partial charge in [-0.1, -0.05) is 6.92 Å². The number of anilines is 1. The van der Waals surface area contributed by atoms with E-state index in [1.165, 1.54) is 6.33 Å². The SMILES string of the molecule is CCCNc1ncnc(OCC(F)F)c1C. The van der Waals surface area contributed by atoms with E-state index in [0.717, 1.165) is 13.0 Å². The average molecular weight is 231 g/mol. The molecule has 0 bridgehead atoms. The second-order valence-corrected chi connectivity index (χ2v) is 3.28. The lowest BCUT2D eigenvalue weighted by Gasteiger charge is -2.11. The van der Waals surface area contributed by atoms with Gasteiger partial charge < -0.3 is 10.1 Å². The Labute approximate surface area is 93.1 Å². The summed E-state index contributed by atoms with van der Waals surface area (Å²) in [7, 11) is 0.